The summed E-state index contributed by atoms with van der Waals surface area (Å²) in [5.74, 6) is -0.420. The molecule has 0 rings (SSSR count). The molecule has 0 heterocycles. The first-order chi connectivity index (χ1) is 4.81. The summed E-state index contributed by atoms with van der Waals surface area (Å²) in [5.41, 5.74) is 2.59. The molecule has 0 saturated heterocycles. The number of carbonyl (C=O) groups excluding carboxylic acids is 1. The van der Waals surface area contributed by atoms with Gasteiger partial charge in [-0.1, -0.05) is 5.73 Å². The molecule has 0 aliphatic rings. The van der Waals surface area contributed by atoms with Crippen molar-refractivity contribution in [3.63, 3.8) is 0 Å². The van der Waals surface area contributed by atoms with Crippen LogP contribution in [0.3, 0.4) is 0 Å². The van der Waals surface area contributed by atoms with Gasteiger partial charge in [-0.25, -0.2) is 4.79 Å². The second-order valence-electron chi connectivity index (χ2n) is 1.50. The van der Waals surface area contributed by atoms with Crippen LogP contribution in [0.25, 0.3) is 0 Å². The van der Waals surface area contributed by atoms with Gasteiger partial charge in [-0.2, -0.15) is 0 Å². The van der Waals surface area contributed by atoms with E-state index in [9.17, 15) is 4.79 Å². The van der Waals surface area contributed by atoms with Gasteiger partial charge in [-0.05, 0) is 13.0 Å². The van der Waals surface area contributed by atoms with Crippen molar-refractivity contribution in [2.24, 2.45) is 0 Å². The van der Waals surface area contributed by atoms with Crippen molar-refractivity contribution in [1.29, 1.82) is 0 Å². The van der Waals surface area contributed by atoms with Gasteiger partial charge in [0.25, 0.3) is 0 Å². The number of rotatable bonds is 3. The summed E-state index contributed by atoms with van der Waals surface area (Å²) in [6.07, 6.45) is 2.83. The summed E-state index contributed by atoms with van der Waals surface area (Å²) in [6, 6.07) is 0. The largest absolute Gasteiger partial charge is 0.424 e. The lowest BCUT2D eigenvalue weighted by molar-refractivity contribution is -0.142. The maximum absolute atomic E-state index is 10.5. The van der Waals surface area contributed by atoms with Gasteiger partial charge in [-0.3, -0.25) is 0 Å². The Morgan fingerprint density at radius 3 is 2.90 bits per heavy atom. The zero-order chi connectivity index (χ0) is 7.82. The Morgan fingerprint density at radius 1 is 1.70 bits per heavy atom. The third-order valence-corrected chi connectivity index (χ3v) is 0.687. The zero-order valence-electron chi connectivity index (χ0n) is 6.09. The van der Waals surface area contributed by atoms with Gasteiger partial charge in [-0.15, -0.1) is 0 Å². The van der Waals surface area contributed by atoms with Crippen molar-refractivity contribution in [3.05, 3.63) is 18.1 Å². The fourth-order valence-electron chi connectivity index (χ4n) is 0.320. The van der Waals surface area contributed by atoms with Crippen molar-refractivity contribution in [3.8, 4) is 0 Å². The summed E-state index contributed by atoms with van der Waals surface area (Å²) >= 11 is 0. The lowest BCUT2D eigenvalue weighted by Crippen LogP contribution is -2.06. The van der Waals surface area contributed by atoms with E-state index < -0.39 is 5.97 Å². The number of methoxy groups -OCH3 is 1. The lowest BCUT2D eigenvalue weighted by atomic mass is 10.7. The van der Waals surface area contributed by atoms with Crippen molar-refractivity contribution >= 4 is 5.97 Å². The van der Waals surface area contributed by atoms with E-state index in [2.05, 4.69) is 15.2 Å². The third-order valence-electron chi connectivity index (χ3n) is 0.687. The normalized spacial score (nSPS) is 7.80. The van der Waals surface area contributed by atoms with Gasteiger partial charge in [0, 0.05) is 7.11 Å². The maximum atomic E-state index is 10.5. The summed E-state index contributed by atoms with van der Waals surface area (Å²) in [4.78, 5) is 10.5. The SMILES string of the molecule is CC=C=COC(=O)COC. The Morgan fingerprint density at radius 2 is 2.40 bits per heavy atom. The molecule has 0 aromatic rings. The van der Waals surface area contributed by atoms with E-state index in [4.69, 9.17) is 0 Å². The van der Waals surface area contributed by atoms with E-state index in [1.54, 1.807) is 13.0 Å². The van der Waals surface area contributed by atoms with Gasteiger partial charge in [0.2, 0.25) is 0 Å². The minimum absolute atomic E-state index is 0.0259. The smallest absolute Gasteiger partial charge is 0.337 e. The molecule has 0 aliphatic carbocycles. The van der Waals surface area contributed by atoms with Crippen LogP contribution in [0.2, 0.25) is 0 Å². The van der Waals surface area contributed by atoms with Crippen LogP contribution >= 0.6 is 0 Å². The molecule has 0 aromatic heterocycles. The first kappa shape index (κ1) is 8.95. The quantitative estimate of drug-likeness (QED) is 0.333. The van der Waals surface area contributed by atoms with E-state index in [1.807, 2.05) is 0 Å². The highest BCUT2D eigenvalue weighted by atomic mass is 16.6. The summed E-state index contributed by atoms with van der Waals surface area (Å²) in [6.45, 7) is 1.75. The standard InChI is InChI=1S/C7H10O3/c1-3-4-5-10-7(8)6-9-2/h3,5H,6H2,1-2H3. The van der Waals surface area contributed by atoms with Crippen LogP contribution in [0.1, 0.15) is 6.92 Å². The number of hydrogen-bond donors (Lipinski definition) is 0. The molecule has 0 aromatic carbocycles. The van der Waals surface area contributed by atoms with Crippen LogP contribution < -0.4 is 0 Å². The molecule has 10 heavy (non-hydrogen) atoms. The van der Waals surface area contributed by atoms with Crippen molar-refractivity contribution in [2.45, 2.75) is 6.92 Å². The Hall–Kier alpha value is -1.05. The molecule has 0 N–H and O–H groups in total. The first-order valence-electron chi connectivity index (χ1n) is 2.85. The van der Waals surface area contributed by atoms with Crippen LogP contribution in [0.5, 0.6) is 0 Å². The van der Waals surface area contributed by atoms with Crippen molar-refractivity contribution in [1.82, 2.24) is 0 Å². The Kier molecular flexibility index (Phi) is 5.44. The second kappa shape index (κ2) is 6.08. The Labute approximate surface area is 59.9 Å². The molecule has 0 bridgehead atoms. The summed E-state index contributed by atoms with van der Waals surface area (Å²) in [5, 5.41) is 0. The second-order valence-corrected chi connectivity index (χ2v) is 1.50. The van der Waals surface area contributed by atoms with Crippen LogP contribution in [-0.4, -0.2) is 19.7 Å². The molecule has 0 radical (unpaired) electrons. The van der Waals surface area contributed by atoms with E-state index in [1.165, 1.54) is 13.4 Å². The van der Waals surface area contributed by atoms with Gasteiger partial charge in [0.05, 0.1) is 0 Å². The highest BCUT2D eigenvalue weighted by molar-refractivity contribution is 5.71. The van der Waals surface area contributed by atoms with Crippen molar-refractivity contribution < 1.29 is 14.3 Å². The number of carbonyl (C=O) groups is 1. The summed E-state index contributed by atoms with van der Waals surface area (Å²) < 4.78 is 8.99. The molecular formula is C7H10O3. The number of allylic oxidation sites excluding steroid dienone is 1. The molecule has 3 nitrogen and oxygen atoms in total. The fourth-order valence-corrected chi connectivity index (χ4v) is 0.320. The van der Waals surface area contributed by atoms with Gasteiger partial charge >= 0.3 is 5.97 Å². The predicted molar refractivity (Wildman–Crippen MR) is 36.3 cm³/mol. The van der Waals surface area contributed by atoms with Crippen molar-refractivity contribution in [2.75, 3.05) is 13.7 Å². The molecule has 0 aliphatic heterocycles. The molecule has 0 fully saturated rings. The van der Waals surface area contributed by atoms with Crippen LogP contribution in [0.15, 0.2) is 18.1 Å². The molecule has 0 unspecified atom stereocenters. The average Bonchev–Trinajstić information content (AvgIpc) is 1.89. The summed E-state index contributed by atoms with van der Waals surface area (Å²) in [7, 11) is 1.43. The minimum Gasteiger partial charge on any atom is -0.424 e. The molecule has 0 saturated carbocycles. The predicted octanol–water partition coefficient (Wildman–Crippen LogP) is 0.865. The van der Waals surface area contributed by atoms with Crippen LogP contribution in [-0.2, 0) is 14.3 Å². The molecule has 0 spiro atoms. The lowest BCUT2D eigenvalue weighted by Gasteiger charge is -1.93. The average molecular weight is 142 g/mol. The number of esters is 1. The van der Waals surface area contributed by atoms with Crippen LogP contribution in [0, 0.1) is 0 Å². The van der Waals surface area contributed by atoms with E-state index in [0.717, 1.165) is 0 Å². The molecule has 0 atom stereocenters. The monoisotopic (exact) mass is 142 g/mol. The molecule has 56 valence electrons. The van der Waals surface area contributed by atoms with Gasteiger partial charge in [0.1, 0.15) is 12.9 Å². The minimum atomic E-state index is -0.420. The van der Waals surface area contributed by atoms with E-state index in [-0.39, 0.29) is 6.61 Å². The topological polar surface area (TPSA) is 35.5 Å². The highest BCUT2D eigenvalue weighted by Crippen LogP contribution is 1.79. The molecule has 3 heteroatoms. The van der Waals surface area contributed by atoms with E-state index >= 15 is 0 Å². The molecule has 0 amide bonds. The zero-order valence-corrected chi connectivity index (χ0v) is 6.09. The Bertz CT molecular complexity index is 154. The first-order valence-corrected chi connectivity index (χ1v) is 2.85. The van der Waals surface area contributed by atoms with Gasteiger partial charge < -0.3 is 9.47 Å². The number of ether oxygens (including phenoxy) is 2. The third kappa shape index (κ3) is 5.09. The fraction of sp³-hybridized carbons (Fsp3) is 0.429. The van der Waals surface area contributed by atoms with Gasteiger partial charge in [0.15, 0.2) is 0 Å². The van der Waals surface area contributed by atoms with Crippen LogP contribution in [0.4, 0.5) is 0 Å². The van der Waals surface area contributed by atoms with E-state index in [0.29, 0.717) is 0 Å². The highest BCUT2D eigenvalue weighted by Gasteiger charge is 1.95. The maximum Gasteiger partial charge on any atom is 0.337 e. The Balaban J connectivity index is 3.49. The number of hydrogen-bond acceptors (Lipinski definition) is 3. The molecular weight excluding hydrogens is 132 g/mol.